The van der Waals surface area contributed by atoms with Gasteiger partial charge in [0.15, 0.2) is 0 Å². The lowest BCUT2D eigenvalue weighted by Gasteiger charge is -2.20. The zero-order valence-electron chi connectivity index (χ0n) is 18.0. The number of aromatic nitrogens is 2. The van der Waals surface area contributed by atoms with Crippen molar-refractivity contribution in [3.05, 3.63) is 63.6 Å². The van der Waals surface area contributed by atoms with Crippen LogP contribution in [-0.4, -0.2) is 31.6 Å². The number of sulfonamides is 1. The van der Waals surface area contributed by atoms with Crippen LogP contribution >= 0.6 is 34.5 Å². The summed E-state index contributed by atoms with van der Waals surface area (Å²) in [6.07, 6.45) is 0.572. The van der Waals surface area contributed by atoms with E-state index >= 15 is 0 Å². The molecule has 1 heterocycles. The van der Waals surface area contributed by atoms with Crippen LogP contribution in [0.2, 0.25) is 10.0 Å². The van der Waals surface area contributed by atoms with Crippen molar-refractivity contribution in [2.24, 2.45) is 5.92 Å². The van der Waals surface area contributed by atoms with E-state index in [0.29, 0.717) is 17.2 Å². The Hall–Kier alpha value is -2.24. The van der Waals surface area contributed by atoms with Gasteiger partial charge in [0.2, 0.25) is 9.47 Å². The number of nitrogens with zero attached hydrogens (tertiary/aromatic N) is 2. The van der Waals surface area contributed by atoms with Crippen LogP contribution in [0.25, 0.3) is 0 Å². The molecule has 0 fully saturated rings. The molecule has 1 atom stereocenters. The monoisotopic (exact) mass is 528 g/mol. The molecule has 0 aliphatic heterocycles. The molecular weight excluding hydrogens is 507 g/mol. The molecule has 8 nitrogen and oxygen atoms in total. The number of hydrogen-bond acceptors (Lipinski definition) is 7. The second kappa shape index (κ2) is 10.8. The number of methoxy groups -OCH3 is 1. The first-order valence-electron chi connectivity index (χ1n) is 9.85. The molecule has 0 spiro atoms. The second-order valence-electron chi connectivity index (χ2n) is 7.53. The molecule has 0 saturated heterocycles. The Morgan fingerprint density at radius 2 is 1.82 bits per heavy atom. The van der Waals surface area contributed by atoms with E-state index in [9.17, 15) is 13.2 Å². The Bertz CT molecular complexity index is 1230. The number of benzene rings is 2. The normalized spacial score (nSPS) is 12.5. The average molecular weight is 529 g/mol. The minimum absolute atomic E-state index is 0.0243. The third-order valence-electron chi connectivity index (χ3n) is 4.56. The number of anilines is 1. The fraction of sp³-hybridized carbons (Fsp3) is 0.286. The van der Waals surface area contributed by atoms with Gasteiger partial charge in [-0.1, -0.05) is 60.5 Å². The van der Waals surface area contributed by atoms with Crippen molar-refractivity contribution in [2.45, 2.75) is 30.6 Å². The second-order valence-corrected chi connectivity index (χ2v) is 11.2. The number of carbonyl (C=O) groups is 1. The molecule has 176 valence electrons. The van der Waals surface area contributed by atoms with E-state index in [2.05, 4.69) is 20.2 Å². The molecule has 0 unspecified atom stereocenters. The predicted octanol–water partition coefficient (Wildman–Crippen LogP) is 5.17. The first-order valence-corrected chi connectivity index (χ1v) is 12.9. The van der Waals surface area contributed by atoms with E-state index in [-0.39, 0.29) is 26.0 Å². The van der Waals surface area contributed by atoms with Crippen LogP contribution in [0.4, 0.5) is 5.13 Å². The number of nitrogens with one attached hydrogen (secondary N) is 2. The van der Waals surface area contributed by atoms with Gasteiger partial charge in [-0.25, -0.2) is 13.1 Å². The largest absolute Gasteiger partial charge is 0.497 e. The average Bonchev–Trinajstić information content (AvgIpc) is 3.22. The van der Waals surface area contributed by atoms with Crippen LogP contribution in [0, 0.1) is 5.92 Å². The van der Waals surface area contributed by atoms with E-state index in [4.69, 9.17) is 27.9 Å². The van der Waals surface area contributed by atoms with Crippen LogP contribution in [0.1, 0.15) is 42.2 Å². The van der Waals surface area contributed by atoms with Crippen LogP contribution < -0.4 is 14.8 Å². The summed E-state index contributed by atoms with van der Waals surface area (Å²) in [6.45, 7) is 4.01. The highest BCUT2D eigenvalue weighted by Gasteiger charge is 2.26. The topological polar surface area (TPSA) is 110 Å². The molecule has 0 bridgehead atoms. The summed E-state index contributed by atoms with van der Waals surface area (Å²) in [5.74, 6) is 0.351. The van der Waals surface area contributed by atoms with E-state index in [1.807, 2.05) is 26.0 Å². The molecule has 0 aliphatic carbocycles. The minimum Gasteiger partial charge on any atom is -0.497 e. The van der Waals surface area contributed by atoms with E-state index in [1.54, 1.807) is 19.2 Å². The van der Waals surface area contributed by atoms with Gasteiger partial charge >= 0.3 is 0 Å². The van der Waals surface area contributed by atoms with Crippen LogP contribution in [0.5, 0.6) is 5.75 Å². The standard InChI is InChI=1S/C21H22Cl2N4O4S2/c1-12(2)10-18(13-4-7-15(31-3)8-5-13)27-33(29,30)21-26-25-20(32-21)24-19(28)16-9-6-14(22)11-17(16)23/h4-9,11-12,18,27H,10H2,1-3H3,(H,24,25,28)/t18-/m1/s1. The van der Waals surface area contributed by atoms with Gasteiger partial charge in [-0.2, -0.15) is 0 Å². The first-order chi connectivity index (χ1) is 15.6. The fourth-order valence-electron chi connectivity index (χ4n) is 3.00. The van der Waals surface area contributed by atoms with Crippen molar-refractivity contribution in [2.75, 3.05) is 12.4 Å². The highest BCUT2D eigenvalue weighted by molar-refractivity contribution is 7.91. The SMILES string of the molecule is COc1ccc([C@@H](CC(C)C)NS(=O)(=O)c2nnc(NC(=O)c3ccc(Cl)cc3Cl)s2)cc1. The number of rotatable bonds is 9. The van der Waals surface area contributed by atoms with Gasteiger partial charge in [-0.3, -0.25) is 10.1 Å². The van der Waals surface area contributed by atoms with Crippen molar-refractivity contribution in [3.8, 4) is 5.75 Å². The molecule has 12 heteroatoms. The van der Waals surface area contributed by atoms with Crippen molar-refractivity contribution >= 4 is 55.6 Å². The van der Waals surface area contributed by atoms with Crippen LogP contribution in [-0.2, 0) is 10.0 Å². The summed E-state index contributed by atoms with van der Waals surface area (Å²) in [7, 11) is -2.43. The molecule has 0 radical (unpaired) electrons. The van der Waals surface area contributed by atoms with E-state index in [1.165, 1.54) is 18.2 Å². The Labute approximate surface area is 206 Å². The number of halogens is 2. The van der Waals surface area contributed by atoms with Gasteiger partial charge < -0.3 is 4.74 Å². The van der Waals surface area contributed by atoms with Gasteiger partial charge in [0.25, 0.3) is 15.9 Å². The number of ether oxygens (including phenoxy) is 1. The van der Waals surface area contributed by atoms with Gasteiger partial charge in [0.05, 0.1) is 17.7 Å². The maximum absolute atomic E-state index is 13.0. The molecule has 33 heavy (non-hydrogen) atoms. The lowest BCUT2D eigenvalue weighted by Crippen LogP contribution is -2.29. The van der Waals surface area contributed by atoms with Crippen molar-refractivity contribution in [3.63, 3.8) is 0 Å². The van der Waals surface area contributed by atoms with Crippen LogP contribution in [0.15, 0.2) is 46.8 Å². The Morgan fingerprint density at radius 3 is 2.42 bits per heavy atom. The molecule has 0 aliphatic rings. The molecule has 0 saturated carbocycles. The zero-order chi connectivity index (χ0) is 24.2. The highest BCUT2D eigenvalue weighted by atomic mass is 35.5. The summed E-state index contributed by atoms with van der Waals surface area (Å²) >= 11 is 12.6. The van der Waals surface area contributed by atoms with Gasteiger partial charge in [0.1, 0.15) is 5.75 Å². The van der Waals surface area contributed by atoms with E-state index in [0.717, 1.165) is 16.9 Å². The van der Waals surface area contributed by atoms with Gasteiger partial charge in [-0.15, -0.1) is 10.2 Å². The summed E-state index contributed by atoms with van der Waals surface area (Å²) in [4.78, 5) is 12.5. The molecular formula is C21H22Cl2N4O4S2. The Balaban J connectivity index is 1.78. The third kappa shape index (κ3) is 6.64. The number of hydrogen-bond donors (Lipinski definition) is 2. The lowest BCUT2D eigenvalue weighted by molar-refractivity contribution is 0.102. The molecule has 1 aromatic heterocycles. The fourth-order valence-corrected chi connectivity index (χ4v) is 5.65. The van der Waals surface area contributed by atoms with E-state index < -0.39 is 22.0 Å². The smallest absolute Gasteiger partial charge is 0.270 e. The number of carbonyl (C=O) groups excluding carboxylic acids is 1. The maximum atomic E-state index is 13.0. The van der Waals surface area contributed by atoms with Gasteiger partial charge in [0, 0.05) is 11.1 Å². The van der Waals surface area contributed by atoms with Crippen molar-refractivity contribution in [1.29, 1.82) is 0 Å². The third-order valence-corrected chi connectivity index (χ3v) is 7.78. The van der Waals surface area contributed by atoms with Crippen LogP contribution in [0.3, 0.4) is 0 Å². The van der Waals surface area contributed by atoms with Gasteiger partial charge in [-0.05, 0) is 48.2 Å². The minimum atomic E-state index is -3.99. The maximum Gasteiger partial charge on any atom is 0.270 e. The zero-order valence-corrected chi connectivity index (χ0v) is 21.1. The molecule has 3 rings (SSSR count). The lowest BCUT2D eigenvalue weighted by atomic mass is 9.98. The Morgan fingerprint density at radius 1 is 1.12 bits per heavy atom. The van der Waals surface area contributed by atoms with Crippen molar-refractivity contribution < 1.29 is 17.9 Å². The Kier molecular flexibility index (Phi) is 8.30. The summed E-state index contributed by atoms with van der Waals surface area (Å²) in [5.41, 5.74) is 0.971. The molecule has 3 aromatic rings. The molecule has 2 N–H and O–H groups in total. The number of amides is 1. The summed E-state index contributed by atoms with van der Waals surface area (Å²) < 4.78 is 33.6. The molecule has 1 amide bonds. The quantitative estimate of drug-likeness (QED) is 0.370. The molecule has 2 aromatic carbocycles. The predicted molar refractivity (Wildman–Crippen MR) is 130 cm³/mol. The first kappa shape index (κ1) is 25.4. The highest BCUT2D eigenvalue weighted by Crippen LogP contribution is 2.28. The summed E-state index contributed by atoms with van der Waals surface area (Å²) in [5, 5.41) is 10.6. The van der Waals surface area contributed by atoms with Crippen molar-refractivity contribution in [1.82, 2.24) is 14.9 Å². The summed E-state index contributed by atoms with van der Waals surface area (Å²) in [6, 6.07) is 11.1.